The van der Waals surface area contributed by atoms with Crippen LogP contribution >= 0.6 is 0 Å². The molecule has 0 aromatic carbocycles. The van der Waals surface area contributed by atoms with Crippen LogP contribution in [0, 0.1) is 0 Å². The molecule has 1 aliphatic rings. The van der Waals surface area contributed by atoms with Gasteiger partial charge in [0.15, 0.2) is 0 Å². The van der Waals surface area contributed by atoms with Gasteiger partial charge in [-0.2, -0.15) is 0 Å². The van der Waals surface area contributed by atoms with Crippen molar-refractivity contribution in [2.45, 2.75) is 0 Å². The van der Waals surface area contributed by atoms with Gasteiger partial charge in [0.05, 0.1) is 0 Å². The highest BCUT2D eigenvalue weighted by molar-refractivity contribution is 6.44. The fourth-order valence-corrected chi connectivity index (χ4v) is 0.395. The van der Waals surface area contributed by atoms with E-state index in [4.69, 9.17) is 0 Å². The van der Waals surface area contributed by atoms with E-state index in [-0.39, 0.29) is 5.71 Å². The highest BCUT2D eigenvalue weighted by Gasteiger charge is 2.16. The van der Waals surface area contributed by atoms with Gasteiger partial charge in [-0.3, -0.25) is 0 Å². The molecule has 0 saturated carbocycles. The summed E-state index contributed by atoms with van der Waals surface area (Å²) in [6.45, 7) is 0. The number of aliphatic imine (C=N–C) groups is 1. The number of rotatable bonds is 1. The zero-order valence-electron chi connectivity index (χ0n) is 4.70. The minimum Gasteiger partial charge on any atom is -0.362 e. The Morgan fingerprint density at radius 3 is 2.50 bits per heavy atom. The van der Waals surface area contributed by atoms with Gasteiger partial charge in [0, 0.05) is 6.20 Å². The zero-order valence-corrected chi connectivity index (χ0v) is 4.70. The quantitative estimate of drug-likeness (QED) is 0.306. The first-order valence-corrected chi connectivity index (χ1v) is 2.36. The van der Waals surface area contributed by atoms with Crippen LogP contribution in [-0.4, -0.2) is 17.9 Å². The maximum Gasteiger partial charge on any atom is 0.503 e. The number of hydrogen-bond donors (Lipinski definition) is 0. The lowest BCUT2D eigenvalue weighted by Gasteiger charge is -2.00. The molecule has 0 aromatic heterocycles. The Bertz CT molecular complexity index is 243. The number of ether oxygens (including phenoxy) is 1. The molecule has 0 aliphatic carbocycles. The molecule has 0 saturated heterocycles. The summed E-state index contributed by atoms with van der Waals surface area (Å²) in [5.41, 5.74) is -0.0500. The van der Waals surface area contributed by atoms with Crippen LogP contribution in [0.5, 0.6) is 0 Å². The van der Waals surface area contributed by atoms with Crippen molar-refractivity contribution in [2.75, 3.05) is 0 Å². The van der Waals surface area contributed by atoms with Gasteiger partial charge < -0.3 is 4.74 Å². The van der Waals surface area contributed by atoms with Gasteiger partial charge in [0.25, 0.3) is 0 Å². The summed E-state index contributed by atoms with van der Waals surface area (Å²) in [6.07, 6.45) is 0.526. The summed E-state index contributed by atoms with van der Waals surface area (Å²) in [4.78, 5) is 23.2. The Kier molecular flexibility index (Phi) is 1.57. The standard InChI is InChI=1S/C5H2FNO3/c6-5(9)10-4(8)3-1-2-7-3/h1-2H. The van der Waals surface area contributed by atoms with Crippen LogP contribution in [0.3, 0.4) is 0 Å². The summed E-state index contributed by atoms with van der Waals surface area (Å²) >= 11 is 0. The molecule has 0 N–H and O–H groups in total. The van der Waals surface area contributed by atoms with E-state index in [0.717, 1.165) is 0 Å². The van der Waals surface area contributed by atoms with Crippen molar-refractivity contribution in [3.8, 4) is 0 Å². The Hall–Kier alpha value is -1.52. The topological polar surface area (TPSA) is 55.7 Å². The molecule has 1 aliphatic heterocycles. The van der Waals surface area contributed by atoms with E-state index in [9.17, 15) is 14.0 Å². The van der Waals surface area contributed by atoms with E-state index in [1.807, 2.05) is 0 Å². The third-order valence-corrected chi connectivity index (χ3v) is 0.828. The predicted molar refractivity (Wildman–Crippen MR) is 29.2 cm³/mol. The van der Waals surface area contributed by atoms with Gasteiger partial charge in [0.2, 0.25) is 0 Å². The van der Waals surface area contributed by atoms with E-state index in [2.05, 4.69) is 9.73 Å². The molecule has 0 amide bonds. The molecular weight excluding hydrogens is 141 g/mol. The average molecular weight is 143 g/mol. The van der Waals surface area contributed by atoms with Crippen LogP contribution in [0.4, 0.5) is 9.18 Å². The third-order valence-electron chi connectivity index (χ3n) is 0.828. The smallest absolute Gasteiger partial charge is 0.362 e. The normalized spacial score (nSPS) is 13.5. The van der Waals surface area contributed by atoms with Crippen LogP contribution < -0.4 is 0 Å². The van der Waals surface area contributed by atoms with Crippen molar-refractivity contribution < 1.29 is 18.7 Å². The van der Waals surface area contributed by atoms with Crippen LogP contribution in [0.25, 0.3) is 0 Å². The molecule has 0 radical (unpaired) electrons. The number of carbonyl (C=O) groups is 2. The molecule has 5 heteroatoms. The van der Waals surface area contributed by atoms with Crippen molar-refractivity contribution in [2.24, 2.45) is 4.99 Å². The maximum atomic E-state index is 11.3. The molecule has 0 atom stereocenters. The minimum atomic E-state index is -2.12. The van der Waals surface area contributed by atoms with E-state index < -0.39 is 12.2 Å². The number of halogens is 1. The van der Waals surface area contributed by atoms with Crippen LogP contribution in [0.1, 0.15) is 0 Å². The van der Waals surface area contributed by atoms with E-state index in [1.165, 1.54) is 12.3 Å². The summed E-state index contributed by atoms with van der Waals surface area (Å²) in [5.74, 6) is -1.06. The van der Waals surface area contributed by atoms with Crippen molar-refractivity contribution in [3.63, 3.8) is 0 Å². The molecule has 4 nitrogen and oxygen atoms in total. The van der Waals surface area contributed by atoms with Crippen LogP contribution in [0.2, 0.25) is 0 Å². The summed E-state index contributed by atoms with van der Waals surface area (Å²) in [5, 5.41) is 0. The second-order valence-electron chi connectivity index (χ2n) is 1.46. The lowest BCUT2D eigenvalue weighted by Crippen LogP contribution is -2.19. The largest absolute Gasteiger partial charge is 0.503 e. The van der Waals surface area contributed by atoms with Gasteiger partial charge in [-0.25, -0.2) is 14.6 Å². The second kappa shape index (κ2) is 2.38. The van der Waals surface area contributed by atoms with E-state index in [1.54, 1.807) is 0 Å². The van der Waals surface area contributed by atoms with E-state index >= 15 is 0 Å². The van der Waals surface area contributed by atoms with Crippen molar-refractivity contribution in [1.29, 1.82) is 0 Å². The van der Waals surface area contributed by atoms with Crippen molar-refractivity contribution in [1.82, 2.24) is 0 Å². The maximum absolute atomic E-state index is 11.3. The van der Waals surface area contributed by atoms with Gasteiger partial charge in [-0.15, -0.1) is 4.39 Å². The van der Waals surface area contributed by atoms with Gasteiger partial charge in [-0.1, -0.05) is 0 Å². The summed E-state index contributed by atoms with van der Waals surface area (Å²) < 4.78 is 14.8. The second-order valence-corrected chi connectivity index (χ2v) is 1.46. The Balaban J connectivity index is 2.43. The number of carbonyl (C=O) groups excluding carboxylic acids is 2. The molecule has 0 spiro atoms. The zero-order chi connectivity index (χ0) is 7.56. The Labute approximate surface area is 55.0 Å². The average Bonchev–Trinajstić information content (AvgIpc) is 1.55. The highest BCUT2D eigenvalue weighted by Crippen LogP contribution is 1.98. The molecule has 0 fully saturated rings. The molecular formula is C5H2FNO3. The molecule has 0 unspecified atom stereocenters. The minimum absolute atomic E-state index is 0.0500. The SMILES string of the molecule is O=C(F)OC(=O)C1=NC=C1. The molecule has 0 bridgehead atoms. The lowest BCUT2D eigenvalue weighted by atomic mass is 10.3. The van der Waals surface area contributed by atoms with Crippen molar-refractivity contribution in [3.05, 3.63) is 12.3 Å². The number of nitrogens with zero attached hydrogens (tertiary/aromatic N) is 1. The van der Waals surface area contributed by atoms with Gasteiger partial charge in [-0.05, 0) is 6.08 Å². The first-order valence-electron chi connectivity index (χ1n) is 2.36. The van der Waals surface area contributed by atoms with Crippen molar-refractivity contribution >= 4 is 17.9 Å². The van der Waals surface area contributed by atoms with Crippen LogP contribution in [0.15, 0.2) is 17.3 Å². The molecule has 0 aromatic rings. The monoisotopic (exact) mass is 143 g/mol. The first kappa shape index (κ1) is 6.60. The number of hydrogen-bond acceptors (Lipinski definition) is 4. The van der Waals surface area contributed by atoms with Gasteiger partial charge in [0.1, 0.15) is 5.71 Å². The Morgan fingerprint density at radius 2 is 2.20 bits per heavy atom. The summed E-state index contributed by atoms with van der Waals surface area (Å²) in [7, 11) is 0. The van der Waals surface area contributed by atoms with Crippen LogP contribution in [-0.2, 0) is 9.53 Å². The Morgan fingerprint density at radius 1 is 1.60 bits per heavy atom. The predicted octanol–water partition coefficient (Wildman–Crippen LogP) is 0.587. The summed E-state index contributed by atoms with van der Waals surface area (Å²) in [6, 6.07) is 0. The molecule has 1 heterocycles. The molecule has 52 valence electrons. The fraction of sp³-hybridized carbons (Fsp3) is 0. The van der Waals surface area contributed by atoms with Gasteiger partial charge >= 0.3 is 12.2 Å². The molecule has 1 rings (SSSR count). The highest BCUT2D eigenvalue weighted by atomic mass is 19.1. The number of esters is 1. The lowest BCUT2D eigenvalue weighted by molar-refractivity contribution is -0.130. The van der Waals surface area contributed by atoms with E-state index in [0.29, 0.717) is 0 Å². The fourth-order valence-electron chi connectivity index (χ4n) is 0.395. The third kappa shape index (κ3) is 1.25. The first-order chi connectivity index (χ1) is 4.70. The molecule has 10 heavy (non-hydrogen) atoms.